The van der Waals surface area contributed by atoms with Gasteiger partial charge in [-0.2, -0.15) is 10.1 Å². The number of ether oxygens (including phenoxy) is 8. The molecule has 4 heterocycles. The Kier molecular flexibility index (Phi) is 19.5. The van der Waals surface area contributed by atoms with Crippen molar-refractivity contribution in [1.29, 1.82) is 0 Å². The average Bonchev–Trinajstić information content (AvgIpc) is 3.80. The average molecular weight is 811 g/mol. The molecule has 0 aliphatic rings. The second kappa shape index (κ2) is 25.6. The second-order valence-electron chi connectivity index (χ2n) is 12.7. The van der Waals surface area contributed by atoms with E-state index >= 15 is 0 Å². The molecule has 5 rings (SSSR count). The van der Waals surface area contributed by atoms with E-state index < -0.39 is 0 Å². The number of hydrogen-bond acceptors (Lipinski definition) is 19. The van der Waals surface area contributed by atoms with Gasteiger partial charge in [0.1, 0.15) is 35.0 Å². The van der Waals surface area contributed by atoms with Crippen LogP contribution in [0.4, 0.5) is 11.8 Å². The van der Waals surface area contributed by atoms with Crippen molar-refractivity contribution >= 4 is 39.7 Å². The van der Waals surface area contributed by atoms with Crippen molar-refractivity contribution in [2.24, 2.45) is 5.73 Å². The SMILES string of the molecule is NCCOCCOCCOCCOCCOCCOCCOCCOCCC(=O)CCc1ncc(Cn2nc(-c3ccc4oc(N)nc4c3)c3c(N)ncnc32)cn1. The number of nitrogens with zero attached hydrogens (tertiary/aromatic N) is 7. The lowest BCUT2D eigenvalue weighted by Gasteiger charge is -2.08. The maximum atomic E-state index is 12.4. The summed E-state index contributed by atoms with van der Waals surface area (Å²) in [6, 6.07) is 5.55. The largest absolute Gasteiger partial charge is 0.424 e. The number of benzene rings is 1. The Morgan fingerprint density at radius 3 is 1.79 bits per heavy atom. The molecule has 0 saturated heterocycles. The number of hydrogen-bond donors (Lipinski definition) is 3. The predicted octanol–water partition coefficient (Wildman–Crippen LogP) is 1.62. The van der Waals surface area contributed by atoms with Crippen molar-refractivity contribution < 1.29 is 47.1 Å². The van der Waals surface area contributed by atoms with Crippen molar-refractivity contribution in [1.82, 2.24) is 34.7 Å². The number of fused-ring (bicyclic) bond motifs is 2. The highest BCUT2D eigenvalue weighted by molar-refractivity contribution is 5.99. The van der Waals surface area contributed by atoms with E-state index in [1.165, 1.54) is 6.33 Å². The number of aryl methyl sites for hydroxylation is 1. The van der Waals surface area contributed by atoms with Gasteiger partial charge in [-0.3, -0.25) is 4.79 Å². The highest BCUT2D eigenvalue weighted by Crippen LogP contribution is 2.32. The topological polar surface area (TPSA) is 264 Å². The zero-order chi connectivity index (χ0) is 40.6. The van der Waals surface area contributed by atoms with Crippen LogP contribution in [0.3, 0.4) is 0 Å². The predicted molar refractivity (Wildman–Crippen MR) is 212 cm³/mol. The molecule has 0 aliphatic carbocycles. The standard InChI is InChI=1S/C38H54N10O10/c39-6-8-51-10-12-53-14-16-55-18-20-57-22-21-56-19-17-54-15-13-52-11-9-50-7-5-30(49)2-4-33-42-24-28(25-43-33)26-48-37-34(36(40)44-27-45-37)35(47-48)29-1-3-32-31(23-29)46-38(41)58-32/h1,3,23-25,27H,2,4-22,26,39H2,(H2,41,46)(H2,40,44,45). The first-order chi connectivity index (χ1) is 28.5. The van der Waals surface area contributed by atoms with Crippen molar-refractivity contribution in [2.45, 2.75) is 25.8 Å². The fourth-order valence-corrected chi connectivity index (χ4v) is 5.49. The molecule has 0 radical (unpaired) electrons. The first-order valence-electron chi connectivity index (χ1n) is 19.3. The van der Waals surface area contributed by atoms with Gasteiger partial charge in [-0.25, -0.2) is 24.6 Å². The van der Waals surface area contributed by atoms with Crippen molar-refractivity contribution in [2.75, 3.05) is 124 Å². The smallest absolute Gasteiger partial charge is 0.292 e. The summed E-state index contributed by atoms with van der Waals surface area (Å²) >= 11 is 0. The minimum Gasteiger partial charge on any atom is -0.424 e. The summed E-state index contributed by atoms with van der Waals surface area (Å²) in [5, 5.41) is 5.43. The molecule has 1 aromatic carbocycles. The molecular formula is C38H54N10O10. The number of nitrogens with two attached hydrogens (primary N) is 3. The number of rotatable bonds is 32. The molecular weight excluding hydrogens is 756 g/mol. The Bertz CT molecular complexity index is 1930. The van der Waals surface area contributed by atoms with Crippen LogP contribution in [-0.2, 0) is 55.7 Å². The van der Waals surface area contributed by atoms with Crippen LogP contribution in [-0.4, -0.2) is 153 Å². The highest BCUT2D eigenvalue weighted by Gasteiger charge is 2.19. The molecule has 316 valence electrons. The minimum absolute atomic E-state index is 0.0718. The van der Waals surface area contributed by atoms with Gasteiger partial charge in [0, 0.05) is 49.3 Å². The molecule has 20 heteroatoms. The fourth-order valence-electron chi connectivity index (χ4n) is 5.49. The number of carbonyl (C=O) groups excluding carboxylic acids is 1. The zero-order valence-corrected chi connectivity index (χ0v) is 32.8. The number of carbonyl (C=O) groups is 1. The summed E-state index contributed by atoms with van der Waals surface area (Å²) in [5.41, 5.74) is 21.2. The normalized spacial score (nSPS) is 11.7. The molecule has 5 aromatic rings. The maximum absolute atomic E-state index is 12.4. The van der Waals surface area contributed by atoms with Gasteiger partial charge in [-0.1, -0.05) is 0 Å². The van der Waals surface area contributed by atoms with E-state index in [4.69, 9.17) is 64.6 Å². The summed E-state index contributed by atoms with van der Waals surface area (Å²) in [6.07, 6.45) is 5.89. The van der Waals surface area contributed by atoms with Crippen LogP contribution in [0.1, 0.15) is 24.2 Å². The Labute approximate surface area is 336 Å². The van der Waals surface area contributed by atoms with Crippen LogP contribution in [0.2, 0.25) is 0 Å². The van der Waals surface area contributed by atoms with Crippen LogP contribution in [0, 0.1) is 0 Å². The summed E-state index contributed by atoms with van der Waals surface area (Å²) in [6.45, 7) is 8.41. The van der Waals surface area contributed by atoms with Gasteiger partial charge in [0.25, 0.3) is 6.01 Å². The van der Waals surface area contributed by atoms with Crippen LogP contribution in [0.5, 0.6) is 0 Å². The maximum Gasteiger partial charge on any atom is 0.292 e. The minimum atomic E-state index is 0.0718. The molecule has 58 heavy (non-hydrogen) atoms. The molecule has 0 saturated carbocycles. The molecule has 0 bridgehead atoms. The Morgan fingerprint density at radius 1 is 0.672 bits per heavy atom. The van der Waals surface area contributed by atoms with E-state index in [9.17, 15) is 4.79 Å². The van der Waals surface area contributed by atoms with E-state index in [0.29, 0.717) is 178 Å². The van der Waals surface area contributed by atoms with Gasteiger partial charge in [0.2, 0.25) is 0 Å². The monoisotopic (exact) mass is 810 g/mol. The van der Waals surface area contributed by atoms with Crippen LogP contribution in [0.15, 0.2) is 41.3 Å². The van der Waals surface area contributed by atoms with Gasteiger partial charge in [-0.15, -0.1) is 0 Å². The third kappa shape index (κ3) is 15.2. The summed E-state index contributed by atoms with van der Waals surface area (Å²) < 4.78 is 50.7. The number of aromatic nitrogens is 7. The fraction of sp³-hybridized carbons (Fsp3) is 0.553. The lowest BCUT2D eigenvalue weighted by molar-refractivity contribution is -0.120. The Balaban J connectivity index is 0.846. The molecule has 0 aliphatic heterocycles. The van der Waals surface area contributed by atoms with Crippen molar-refractivity contribution in [3.63, 3.8) is 0 Å². The van der Waals surface area contributed by atoms with Gasteiger partial charge in [0.05, 0.1) is 118 Å². The third-order valence-corrected chi connectivity index (χ3v) is 8.35. The van der Waals surface area contributed by atoms with Crippen LogP contribution < -0.4 is 17.2 Å². The van der Waals surface area contributed by atoms with E-state index in [2.05, 4.69) is 24.9 Å². The van der Waals surface area contributed by atoms with Gasteiger partial charge in [0.15, 0.2) is 11.2 Å². The van der Waals surface area contributed by atoms with E-state index in [0.717, 1.165) is 11.1 Å². The molecule has 0 amide bonds. The summed E-state index contributed by atoms with van der Waals surface area (Å²) in [4.78, 5) is 34.2. The van der Waals surface area contributed by atoms with E-state index in [1.54, 1.807) is 23.1 Å². The number of anilines is 2. The molecule has 0 spiro atoms. The quantitative estimate of drug-likeness (QED) is 0.0521. The first kappa shape index (κ1) is 44.3. The van der Waals surface area contributed by atoms with E-state index in [1.807, 2.05) is 12.1 Å². The summed E-state index contributed by atoms with van der Waals surface area (Å²) in [5.74, 6) is 0.949. The van der Waals surface area contributed by atoms with Crippen molar-refractivity contribution in [3.8, 4) is 11.3 Å². The molecule has 0 unspecified atom stereocenters. The van der Waals surface area contributed by atoms with Crippen LogP contribution >= 0.6 is 0 Å². The van der Waals surface area contributed by atoms with Gasteiger partial charge in [-0.05, 0) is 18.2 Å². The van der Waals surface area contributed by atoms with Gasteiger partial charge < -0.3 is 59.5 Å². The van der Waals surface area contributed by atoms with E-state index in [-0.39, 0.29) is 11.8 Å². The molecule has 20 nitrogen and oxygen atoms in total. The van der Waals surface area contributed by atoms with Crippen molar-refractivity contribution in [3.05, 3.63) is 48.3 Å². The molecule has 0 fully saturated rings. The molecule has 6 N–H and O–H groups in total. The lowest BCUT2D eigenvalue weighted by atomic mass is 10.1. The first-order valence-corrected chi connectivity index (χ1v) is 19.3. The zero-order valence-electron chi connectivity index (χ0n) is 32.8. The third-order valence-electron chi connectivity index (χ3n) is 8.35. The Morgan fingerprint density at radius 2 is 1.22 bits per heavy atom. The lowest BCUT2D eigenvalue weighted by Crippen LogP contribution is -2.15. The van der Waals surface area contributed by atoms with Gasteiger partial charge >= 0.3 is 0 Å². The highest BCUT2D eigenvalue weighted by atomic mass is 16.6. The molecule has 4 aromatic heterocycles. The summed E-state index contributed by atoms with van der Waals surface area (Å²) in [7, 11) is 0. The number of nitrogen functional groups attached to an aromatic ring is 2. The van der Waals surface area contributed by atoms with Crippen LogP contribution in [0.25, 0.3) is 33.4 Å². The molecule has 0 atom stereocenters. The number of Topliss-reactive ketones (excluding diaryl/α,β-unsaturated/α-hetero) is 1. The number of oxazole rings is 1. The second-order valence-corrected chi connectivity index (χ2v) is 12.7. The Hall–Kier alpha value is -4.77. The number of ketones is 1.